The second kappa shape index (κ2) is 5.97. The molecule has 24 heavy (non-hydrogen) atoms. The Hall–Kier alpha value is -2.29. The molecule has 0 radical (unpaired) electrons. The van der Waals surface area contributed by atoms with E-state index in [4.69, 9.17) is 0 Å². The Labute approximate surface area is 132 Å². The lowest BCUT2D eigenvalue weighted by Gasteiger charge is -2.17. The summed E-state index contributed by atoms with van der Waals surface area (Å²) in [6.45, 7) is 1.29. The number of aliphatic hydroxyl groups is 1. The van der Waals surface area contributed by atoms with Crippen molar-refractivity contribution in [2.45, 2.75) is 25.4 Å². The van der Waals surface area contributed by atoms with E-state index in [0.29, 0.717) is 0 Å². The van der Waals surface area contributed by atoms with E-state index >= 15 is 0 Å². The molecule has 1 aromatic carbocycles. The molecule has 0 bridgehead atoms. The second-order valence-corrected chi connectivity index (χ2v) is 5.08. The third-order valence-electron chi connectivity index (χ3n) is 3.28. The van der Waals surface area contributed by atoms with Gasteiger partial charge in [0.15, 0.2) is 6.10 Å². The minimum atomic E-state index is -4.96. The van der Waals surface area contributed by atoms with Gasteiger partial charge < -0.3 is 10.2 Å². The first-order valence-electron chi connectivity index (χ1n) is 6.54. The average Bonchev–Trinajstić information content (AvgIpc) is 2.47. The highest BCUT2D eigenvalue weighted by atomic mass is 19.4. The van der Waals surface area contributed by atoms with Gasteiger partial charge in [0.1, 0.15) is 11.4 Å². The fraction of sp³-hybridized carbons (Fsp3) is 0.267. The van der Waals surface area contributed by atoms with Gasteiger partial charge in [0.05, 0.1) is 11.3 Å². The normalized spacial score (nSPS) is 13.8. The van der Waals surface area contributed by atoms with Gasteiger partial charge in [-0.3, -0.25) is 0 Å². The molecular weight excluding hydrogens is 340 g/mol. The number of halogens is 6. The van der Waals surface area contributed by atoms with Gasteiger partial charge in [0.2, 0.25) is 0 Å². The van der Waals surface area contributed by atoms with Crippen molar-refractivity contribution in [3.05, 3.63) is 47.2 Å². The van der Waals surface area contributed by atoms with Crippen molar-refractivity contribution in [2.75, 3.05) is 0 Å². The number of nitrogens with zero attached hydrogens (tertiary/aromatic N) is 1. The van der Waals surface area contributed by atoms with Crippen LogP contribution >= 0.6 is 0 Å². The van der Waals surface area contributed by atoms with Gasteiger partial charge in [0.25, 0.3) is 0 Å². The zero-order chi connectivity index (χ0) is 18.3. The third kappa shape index (κ3) is 3.61. The molecule has 1 atom stereocenters. The maximum absolute atomic E-state index is 12.6. The van der Waals surface area contributed by atoms with Crippen molar-refractivity contribution in [2.24, 2.45) is 0 Å². The van der Waals surface area contributed by atoms with E-state index in [2.05, 4.69) is 4.98 Å². The standard InChI is InChI=1S/C15H11F6NO2/c1-7-6-10(13(24)15(19,20)21)22-11(12(7)23)8-2-4-9(5-3-8)14(16,17)18/h2-6,13,23-24H,1H3. The average molecular weight is 351 g/mol. The fourth-order valence-electron chi connectivity index (χ4n) is 2.02. The molecule has 9 heteroatoms. The lowest BCUT2D eigenvalue weighted by Crippen LogP contribution is -2.21. The van der Waals surface area contributed by atoms with E-state index in [9.17, 15) is 36.6 Å². The summed E-state index contributed by atoms with van der Waals surface area (Å²) < 4.78 is 75.5. The van der Waals surface area contributed by atoms with Crippen molar-refractivity contribution in [1.82, 2.24) is 4.98 Å². The number of aromatic hydroxyl groups is 1. The number of alkyl halides is 6. The predicted molar refractivity (Wildman–Crippen MR) is 72.1 cm³/mol. The Morgan fingerprint density at radius 1 is 1.00 bits per heavy atom. The molecule has 0 amide bonds. The summed E-state index contributed by atoms with van der Waals surface area (Å²) in [4.78, 5) is 3.56. The summed E-state index contributed by atoms with van der Waals surface area (Å²) in [5.74, 6) is -0.479. The van der Waals surface area contributed by atoms with Crippen molar-refractivity contribution < 1.29 is 36.6 Å². The SMILES string of the molecule is Cc1cc(C(O)C(F)(F)F)nc(-c2ccc(C(F)(F)F)cc2)c1O. The Kier molecular flexibility index (Phi) is 4.49. The van der Waals surface area contributed by atoms with Crippen LogP contribution in [0.15, 0.2) is 30.3 Å². The highest BCUT2D eigenvalue weighted by Gasteiger charge is 2.41. The van der Waals surface area contributed by atoms with Crippen LogP contribution in [0.1, 0.15) is 22.9 Å². The molecule has 1 unspecified atom stereocenters. The van der Waals surface area contributed by atoms with Crippen LogP contribution in [-0.4, -0.2) is 21.4 Å². The Morgan fingerprint density at radius 3 is 2.00 bits per heavy atom. The number of rotatable bonds is 2. The van der Waals surface area contributed by atoms with E-state index in [1.807, 2.05) is 0 Å². The lowest BCUT2D eigenvalue weighted by molar-refractivity contribution is -0.207. The van der Waals surface area contributed by atoms with Crippen LogP contribution in [0.25, 0.3) is 11.3 Å². The molecular formula is C15H11F6NO2. The largest absolute Gasteiger partial charge is 0.505 e. The molecule has 0 aliphatic rings. The Bertz CT molecular complexity index is 737. The molecule has 0 saturated heterocycles. The predicted octanol–water partition coefficient (Wildman–Crippen LogP) is 4.38. The highest BCUT2D eigenvalue weighted by molar-refractivity contribution is 5.68. The molecule has 0 spiro atoms. The number of aliphatic hydroxyl groups excluding tert-OH is 1. The van der Waals surface area contributed by atoms with Crippen LogP contribution in [0, 0.1) is 6.92 Å². The van der Waals surface area contributed by atoms with Gasteiger partial charge in [0, 0.05) is 5.56 Å². The molecule has 0 saturated carbocycles. The van der Waals surface area contributed by atoms with Crippen LogP contribution in [0.2, 0.25) is 0 Å². The van der Waals surface area contributed by atoms with Crippen LogP contribution in [-0.2, 0) is 6.18 Å². The summed E-state index contributed by atoms with van der Waals surface area (Å²) in [7, 11) is 0. The number of benzene rings is 1. The van der Waals surface area contributed by atoms with E-state index < -0.39 is 35.5 Å². The zero-order valence-corrected chi connectivity index (χ0v) is 12.1. The fourth-order valence-corrected chi connectivity index (χ4v) is 2.02. The molecule has 2 rings (SSSR count). The summed E-state index contributed by atoms with van der Waals surface area (Å²) in [5.41, 5.74) is -2.07. The van der Waals surface area contributed by atoms with E-state index in [1.165, 1.54) is 6.92 Å². The maximum atomic E-state index is 12.6. The molecule has 1 aromatic heterocycles. The third-order valence-corrected chi connectivity index (χ3v) is 3.28. The zero-order valence-electron chi connectivity index (χ0n) is 12.1. The number of hydrogen-bond donors (Lipinski definition) is 2. The van der Waals surface area contributed by atoms with Crippen molar-refractivity contribution in [3.8, 4) is 17.0 Å². The summed E-state index contributed by atoms with van der Waals surface area (Å²) in [6.07, 6.45) is -12.4. The lowest BCUT2D eigenvalue weighted by atomic mass is 10.0. The molecule has 3 nitrogen and oxygen atoms in total. The van der Waals surface area contributed by atoms with Crippen LogP contribution < -0.4 is 0 Å². The first-order valence-corrected chi connectivity index (χ1v) is 6.54. The molecule has 2 aromatic rings. The molecule has 0 fully saturated rings. The monoisotopic (exact) mass is 351 g/mol. The number of aryl methyl sites for hydroxylation is 1. The minimum absolute atomic E-state index is 0.00167. The maximum Gasteiger partial charge on any atom is 0.420 e. The quantitative estimate of drug-likeness (QED) is 0.790. The number of pyridine rings is 1. The minimum Gasteiger partial charge on any atom is -0.505 e. The topological polar surface area (TPSA) is 53.4 Å². The van der Waals surface area contributed by atoms with Gasteiger partial charge in [-0.05, 0) is 30.7 Å². The van der Waals surface area contributed by atoms with Crippen LogP contribution in [0.4, 0.5) is 26.3 Å². The van der Waals surface area contributed by atoms with Gasteiger partial charge in [-0.15, -0.1) is 0 Å². The van der Waals surface area contributed by atoms with Gasteiger partial charge in [-0.2, -0.15) is 26.3 Å². The van der Waals surface area contributed by atoms with E-state index in [-0.39, 0.29) is 16.8 Å². The molecule has 0 aliphatic carbocycles. The van der Waals surface area contributed by atoms with E-state index in [0.717, 1.165) is 30.3 Å². The van der Waals surface area contributed by atoms with Crippen molar-refractivity contribution >= 4 is 0 Å². The first kappa shape index (κ1) is 18.1. The Balaban J connectivity index is 2.52. The summed E-state index contributed by atoms with van der Waals surface area (Å²) in [6, 6.07) is 4.26. The van der Waals surface area contributed by atoms with Crippen molar-refractivity contribution in [3.63, 3.8) is 0 Å². The molecule has 2 N–H and O–H groups in total. The Morgan fingerprint density at radius 2 is 1.54 bits per heavy atom. The number of hydrogen-bond acceptors (Lipinski definition) is 3. The van der Waals surface area contributed by atoms with Gasteiger partial charge in [-0.1, -0.05) is 12.1 Å². The highest BCUT2D eigenvalue weighted by Crippen LogP contribution is 2.38. The molecule has 130 valence electrons. The van der Waals surface area contributed by atoms with Gasteiger partial charge >= 0.3 is 12.4 Å². The summed E-state index contributed by atoms with van der Waals surface area (Å²) >= 11 is 0. The summed E-state index contributed by atoms with van der Waals surface area (Å²) in [5, 5.41) is 19.2. The first-order chi connectivity index (χ1) is 10.9. The van der Waals surface area contributed by atoms with E-state index in [1.54, 1.807) is 0 Å². The molecule has 1 heterocycles. The second-order valence-electron chi connectivity index (χ2n) is 5.08. The number of aromatic nitrogens is 1. The van der Waals surface area contributed by atoms with Crippen LogP contribution in [0.3, 0.4) is 0 Å². The molecule has 0 aliphatic heterocycles. The van der Waals surface area contributed by atoms with Crippen molar-refractivity contribution in [1.29, 1.82) is 0 Å². The van der Waals surface area contributed by atoms with Gasteiger partial charge in [-0.25, -0.2) is 4.98 Å². The smallest absolute Gasteiger partial charge is 0.420 e. The van der Waals surface area contributed by atoms with Crippen LogP contribution in [0.5, 0.6) is 5.75 Å².